The van der Waals surface area contributed by atoms with Gasteiger partial charge >= 0.3 is 0 Å². The van der Waals surface area contributed by atoms with E-state index in [0.29, 0.717) is 17.8 Å². The summed E-state index contributed by atoms with van der Waals surface area (Å²) in [4.78, 5) is 20.1. The van der Waals surface area contributed by atoms with Crippen molar-refractivity contribution in [3.05, 3.63) is 17.8 Å². The number of hydrogen-bond acceptors (Lipinski definition) is 5. The number of morpholine rings is 1. The summed E-state index contributed by atoms with van der Waals surface area (Å²) in [6.07, 6.45) is 8.11. The Hall–Kier alpha value is -2.15. The summed E-state index contributed by atoms with van der Waals surface area (Å²) < 4.78 is 7.42. The SMILES string of the molecule is CC.Cn1nc(C(=O)NC2CCCCC2)c2ccc(N3C4CCC3COC4)nc21. The van der Waals surface area contributed by atoms with Gasteiger partial charge in [0.2, 0.25) is 0 Å². The quantitative estimate of drug-likeness (QED) is 0.856. The number of aryl methyl sites for hydroxylation is 1. The van der Waals surface area contributed by atoms with Crippen LogP contribution in [-0.2, 0) is 11.8 Å². The molecule has 2 unspecified atom stereocenters. The summed E-state index contributed by atoms with van der Waals surface area (Å²) in [7, 11) is 1.87. The van der Waals surface area contributed by atoms with E-state index in [1.807, 2.05) is 33.0 Å². The second-order valence-electron chi connectivity index (χ2n) is 8.15. The fourth-order valence-electron chi connectivity index (χ4n) is 4.94. The molecule has 7 nitrogen and oxygen atoms in total. The predicted octanol–water partition coefficient (Wildman–Crippen LogP) is 3.42. The molecule has 7 heteroatoms. The minimum atomic E-state index is -0.0755. The van der Waals surface area contributed by atoms with E-state index in [0.717, 1.165) is 55.7 Å². The van der Waals surface area contributed by atoms with Crippen LogP contribution in [0.5, 0.6) is 0 Å². The second kappa shape index (κ2) is 8.69. The van der Waals surface area contributed by atoms with Gasteiger partial charge in [-0.1, -0.05) is 33.1 Å². The van der Waals surface area contributed by atoms with Crippen LogP contribution in [0.2, 0.25) is 0 Å². The van der Waals surface area contributed by atoms with E-state index in [1.54, 1.807) is 4.68 Å². The molecule has 3 aliphatic rings. The second-order valence-corrected chi connectivity index (χ2v) is 8.15. The molecule has 5 rings (SSSR count). The van der Waals surface area contributed by atoms with Crippen LogP contribution in [0.3, 0.4) is 0 Å². The molecule has 2 bridgehead atoms. The Labute approximate surface area is 172 Å². The number of pyridine rings is 1. The monoisotopic (exact) mass is 399 g/mol. The maximum Gasteiger partial charge on any atom is 0.272 e. The molecule has 1 saturated carbocycles. The van der Waals surface area contributed by atoms with E-state index in [1.165, 1.54) is 19.3 Å². The van der Waals surface area contributed by atoms with Gasteiger partial charge in [-0.2, -0.15) is 5.10 Å². The first kappa shape index (κ1) is 20.1. The Kier molecular flexibility index (Phi) is 6.04. The maximum atomic E-state index is 12.8. The van der Waals surface area contributed by atoms with Crippen molar-refractivity contribution in [1.82, 2.24) is 20.1 Å². The molecule has 0 spiro atoms. The lowest BCUT2D eigenvalue weighted by Crippen LogP contribution is -2.46. The average molecular weight is 400 g/mol. The lowest BCUT2D eigenvalue weighted by molar-refractivity contribution is 0.0902. The topological polar surface area (TPSA) is 72.3 Å². The smallest absolute Gasteiger partial charge is 0.272 e. The first-order valence-electron chi connectivity index (χ1n) is 11.2. The molecule has 2 atom stereocenters. The zero-order valence-corrected chi connectivity index (χ0v) is 17.9. The standard InChI is InChI=1S/C20H27N5O2.C2H6/c1-24-19-16(18(23-24)20(26)21-13-5-3-2-4-6-13)9-10-17(22-19)25-14-7-8-15(25)12-27-11-14;1-2/h9-10,13-15H,2-8,11-12H2,1H3,(H,21,26);1-2H3. The number of carbonyl (C=O) groups excluding carboxylic acids is 1. The fourth-order valence-corrected chi connectivity index (χ4v) is 4.94. The summed E-state index contributed by atoms with van der Waals surface area (Å²) in [6.45, 7) is 5.55. The lowest BCUT2D eigenvalue weighted by Gasteiger charge is -2.35. The Balaban J connectivity index is 0.000000994. The molecular formula is C22H33N5O2. The number of nitrogens with one attached hydrogen (secondary N) is 1. The number of hydrogen-bond donors (Lipinski definition) is 1. The number of aromatic nitrogens is 3. The molecule has 158 valence electrons. The largest absolute Gasteiger partial charge is 0.377 e. The summed E-state index contributed by atoms with van der Waals surface area (Å²) in [6, 6.07) is 5.15. The molecule has 2 aromatic heterocycles. The van der Waals surface area contributed by atoms with Gasteiger partial charge in [-0.3, -0.25) is 4.79 Å². The normalized spacial score (nSPS) is 24.3. The summed E-state index contributed by atoms with van der Waals surface area (Å²) >= 11 is 0. The third-order valence-electron chi connectivity index (χ3n) is 6.33. The van der Waals surface area contributed by atoms with Gasteiger partial charge in [0.05, 0.1) is 30.7 Å². The molecule has 1 aliphatic carbocycles. The van der Waals surface area contributed by atoms with Crippen molar-refractivity contribution in [2.75, 3.05) is 18.1 Å². The predicted molar refractivity (Wildman–Crippen MR) is 114 cm³/mol. The molecule has 1 amide bonds. The van der Waals surface area contributed by atoms with Crippen molar-refractivity contribution >= 4 is 22.8 Å². The van der Waals surface area contributed by atoms with E-state index >= 15 is 0 Å². The Morgan fingerprint density at radius 2 is 1.76 bits per heavy atom. The first-order chi connectivity index (χ1) is 14.2. The molecule has 3 fully saturated rings. The molecule has 1 N–H and O–H groups in total. The van der Waals surface area contributed by atoms with Gasteiger partial charge in [-0.05, 0) is 37.8 Å². The maximum absolute atomic E-state index is 12.8. The average Bonchev–Trinajstić information content (AvgIpc) is 3.22. The van der Waals surface area contributed by atoms with Crippen molar-refractivity contribution in [2.45, 2.75) is 76.9 Å². The molecule has 2 saturated heterocycles. The van der Waals surface area contributed by atoms with Gasteiger partial charge in [0.1, 0.15) is 5.82 Å². The molecule has 29 heavy (non-hydrogen) atoms. The van der Waals surface area contributed by atoms with Crippen LogP contribution in [0, 0.1) is 0 Å². The van der Waals surface area contributed by atoms with Crippen LogP contribution < -0.4 is 10.2 Å². The minimum Gasteiger partial charge on any atom is -0.377 e. The van der Waals surface area contributed by atoms with E-state index in [9.17, 15) is 4.79 Å². The van der Waals surface area contributed by atoms with Crippen LogP contribution in [0.15, 0.2) is 12.1 Å². The van der Waals surface area contributed by atoms with Crippen LogP contribution in [0.25, 0.3) is 11.0 Å². The number of carbonyl (C=O) groups is 1. The molecule has 4 heterocycles. The number of anilines is 1. The molecule has 0 aromatic carbocycles. The summed E-state index contributed by atoms with van der Waals surface area (Å²) in [5, 5.41) is 8.50. The number of rotatable bonds is 3. The van der Waals surface area contributed by atoms with Crippen LogP contribution >= 0.6 is 0 Å². The van der Waals surface area contributed by atoms with Gasteiger partial charge in [0.15, 0.2) is 11.3 Å². The van der Waals surface area contributed by atoms with Crippen molar-refractivity contribution < 1.29 is 9.53 Å². The number of fused-ring (bicyclic) bond motifs is 3. The van der Waals surface area contributed by atoms with Crippen molar-refractivity contribution in [2.24, 2.45) is 7.05 Å². The molecule has 0 radical (unpaired) electrons. The van der Waals surface area contributed by atoms with Crippen molar-refractivity contribution in [3.63, 3.8) is 0 Å². The van der Waals surface area contributed by atoms with Crippen molar-refractivity contribution in [3.8, 4) is 0 Å². The van der Waals surface area contributed by atoms with E-state index in [2.05, 4.69) is 15.3 Å². The highest BCUT2D eigenvalue weighted by Gasteiger charge is 2.38. The van der Waals surface area contributed by atoms with Crippen LogP contribution in [0.1, 0.15) is 69.3 Å². The fraction of sp³-hybridized carbons (Fsp3) is 0.682. The summed E-state index contributed by atoms with van der Waals surface area (Å²) in [5.74, 6) is 0.897. The Bertz CT molecular complexity index is 842. The molecule has 2 aliphatic heterocycles. The zero-order chi connectivity index (χ0) is 20.4. The molecular weight excluding hydrogens is 366 g/mol. The van der Waals surface area contributed by atoms with Gasteiger partial charge in [-0.25, -0.2) is 9.67 Å². The highest BCUT2D eigenvalue weighted by atomic mass is 16.5. The Morgan fingerprint density at radius 3 is 2.45 bits per heavy atom. The third-order valence-corrected chi connectivity index (χ3v) is 6.33. The van der Waals surface area contributed by atoms with E-state index < -0.39 is 0 Å². The van der Waals surface area contributed by atoms with Crippen molar-refractivity contribution in [1.29, 1.82) is 0 Å². The number of amides is 1. The van der Waals surface area contributed by atoms with Gasteiger partial charge < -0.3 is 15.0 Å². The van der Waals surface area contributed by atoms with Gasteiger partial charge in [-0.15, -0.1) is 0 Å². The number of nitrogens with zero attached hydrogens (tertiary/aromatic N) is 4. The van der Waals surface area contributed by atoms with E-state index in [4.69, 9.17) is 9.72 Å². The highest BCUT2D eigenvalue weighted by molar-refractivity contribution is 6.04. The third kappa shape index (κ3) is 3.84. The zero-order valence-electron chi connectivity index (χ0n) is 17.9. The molecule has 2 aromatic rings. The first-order valence-corrected chi connectivity index (χ1v) is 11.2. The highest BCUT2D eigenvalue weighted by Crippen LogP contribution is 2.34. The Morgan fingerprint density at radius 1 is 1.07 bits per heavy atom. The van der Waals surface area contributed by atoms with Crippen LogP contribution in [0.4, 0.5) is 5.82 Å². The van der Waals surface area contributed by atoms with Gasteiger partial charge in [0.25, 0.3) is 5.91 Å². The summed E-state index contributed by atoms with van der Waals surface area (Å²) in [5.41, 5.74) is 1.26. The number of ether oxygens (including phenoxy) is 1. The van der Waals surface area contributed by atoms with Gasteiger partial charge in [0, 0.05) is 13.1 Å². The van der Waals surface area contributed by atoms with E-state index in [-0.39, 0.29) is 11.9 Å². The minimum absolute atomic E-state index is 0.0755. The van der Waals surface area contributed by atoms with Crippen LogP contribution in [-0.4, -0.2) is 52.0 Å². The lowest BCUT2D eigenvalue weighted by atomic mass is 9.95.